The van der Waals surface area contributed by atoms with E-state index >= 15 is 0 Å². The molecule has 1 saturated heterocycles. The Kier molecular flexibility index (Phi) is 6.17. The number of quaternary nitrogens is 1. The molecule has 2 aromatic carbocycles. The van der Waals surface area contributed by atoms with E-state index in [4.69, 9.17) is 11.6 Å². The third-order valence-corrected chi connectivity index (χ3v) is 5.41. The molecule has 1 aliphatic rings. The van der Waals surface area contributed by atoms with Gasteiger partial charge < -0.3 is 15.1 Å². The third-order valence-electron chi connectivity index (χ3n) is 5.00. The van der Waals surface area contributed by atoms with Gasteiger partial charge in [-0.05, 0) is 31.5 Å². The van der Waals surface area contributed by atoms with Gasteiger partial charge in [0.2, 0.25) is 5.91 Å². The van der Waals surface area contributed by atoms with Crippen molar-refractivity contribution >= 4 is 23.2 Å². The number of carbonyl (C=O) groups excluding carboxylic acids is 1. The van der Waals surface area contributed by atoms with Crippen LogP contribution in [0.3, 0.4) is 0 Å². The summed E-state index contributed by atoms with van der Waals surface area (Å²) < 4.78 is 0. The van der Waals surface area contributed by atoms with Gasteiger partial charge in [-0.25, -0.2) is 0 Å². The fourth-order valence-electron chi connectivity index (χ4n) is 3.37. The number of aryl methyl sites for hydroxylation is 1. The lowest BCUT2D eigenvalue weighted by molar-refractivity contribution is -0.917. The highest BCUT2D eigenvalue weighted by molar-refractivity contribution is 6.31. The molecule has 0 spiro atoms. The Balaban J connectivity index is 1.50. The number of hydrogen-bond acceptors (Lipinski definition) is 2. The minimum Gasteiger partial charge on any atom is -0.374 e. The lowest BCUT2D eigenvalue weighted by atomic mass is 10.1. The van der Waals surface area contributed by atoms with Crippen LogP contribution in [0.25, 0.3) is 0 Å². The maximum atomic E-state index is 12.7. The monoisotopic (exact) mass is 372 g/mol. The average molecular weight is 373 g/mol. The number of halogens is 1. The maximum Gasteiger partial charge on any atom is 0.245 e. The van der Waals surface area contributed by atoms with Gasteiger partial charge in [-0.3, -0.25) is 4.79 Å². The molecule has 0 unspecified atom stereocenters. The molecule has 1 heterocycles. The van der Waals surface area contributed by atoms with E-state index in [1.165, 1.54) is 10.5 Å². The molecule has 1 amide bonds. The zero-order chi connectivity index (χ0) is 18.5. The predicted molar refractivity (Wildman–Crippen MR) is 107 cm³/mol. The standard InChI is InChI=1S/C21H26ClN3O/c1-16-8-9-19(14-20(16)22)23-17(2)21(26)25-12-10-24(11-13-25)15-18-6-4-3-5-7-18/h3-9,14,17,23H,10-13,15H2,1-2H3/p+1/t17-/m0/s1. The normalized spacial score (nSPS) is 16.3. The second kappa shape index (κ2) is 8.56. The van der Waals surface area contributed by atoms with Gasteiger partial charge in [0.15, 0.2) is 0 Å². The minimum atomic E-state index is -0.260. The van der Waals surface area contributed by atoms with Crippen LogP contribution in [-0.2, 0) is 11.3 Å². The van der Waals surface area contributed by atoms with Crippen LogP contribution in [0.1, 0.15) is 18.1 Å². The number of nitrogens with zero attached hydrogens (tertiary/aromatic N) is 1. The number of hydrogen-bond donors (Lipinski definition) is 2. The summed E-state index contributed by atoms with van der Waals surface area (Å²) in [4.78, 5) is 16.2. The number of anilines is 1. The predicted octanol–water partition coefficient (Wildman–Crippen LogP) is 2.38. The number of nitrogens with one attached hydrogen (secondary N) is 2. The van der Waals surface area contributed by atoms with Crippen molar-refractivity contribution in [2.24, 2.45) is 0 Å². The highest BCUT2D eigenvalue weighted by atomic mass is 35.5. The van der Waals surface area contributed by atoms with Crippen LogP contribution in [0.2, 0.25) is 5.02 Å². The van der Waals surface area contributed by atoms with E-state index in [0.717, 1.165) is 44.0 Å². The number of amides is 1. The van der Waals surface area contributed by atoms with Gasteiger partial charge in [-0.2, -0.15) is 0 Å². The Bertz CT molecular complexity index is 742. The van der Waals surface area contributed by atoms with E-state index in [-0.39, 0.29) is 11.9 Å². The molecule has 2 aromatic rings. The lowest BCUT2D eigenvalue weighted by Crippen LogP contribution is -3.13. The van der Waals surface area contributed by atoms with E-state index in [9.17, 15) is 4.79 Å². The van der Waals surface area contributed by atoms with Gasteiger partial charge >= 0.3 is 0 Å². The molecule has 1 atom stereocenters. The first-order valence-corrected chi connectivity index (χ1v) is 9.59. The topological polar surface area (TPSA) is 36.8 Å². The Morgan fingerprint density at radius 3 is 2.54 bits per heavy atom. The summed E-state index contributed by atoms with van der Waals surface area (Å²) in [6.07, 6.45) is 0. The Morgan fingerprint density at radius 1 is 1.19 bits per heavy atom. The lowest BCUT2D eigenvalue weighted by Gasteiger charge is -2.34. The summed E-state index contributed by atoms with van der Waals surface area (Å²) in [5, 5.41) is 3.99. The molecule has 1 fully saturated rings. The largest absolute Gasteiger partial charge is 0.374 e. The van der Waals surface area contributed by atoms with Crippen LogP contribution < -0.4 is 10.2 Å². The summed E-state index contributed by atoms with van der Waals surface area (Å²) in [5.41, 5.74) is 3.28. The van der Waals surface area contributed by atoms with Crippen LogP contribution in [0, 0.1) is 6.92 Å². The summed E-state index contributed by atoms with van der Waals surface area (Å²) in [7, 11) is 0. The molecule has 26 heavy (non-hydrogen) atoms. The minimum absolute atomic E-state index is 0.153. The summed E-state index contributed by atoms with van der Waals surface area (Å²) in [6, 6.07) is 16.1. The van der Waals surface area contributed by atoms with Gasteiger partial charge in [0.1, 0.15) is 12.6 Å². The second-order valence-corrected chi connectivity index (χ2v) is 7.47. The van der Waals surface area contributed by atoms with Gasteiger partial charge in [0, 0.05) is 16.3 Å². The summed E-state index contributed by atoms with van der Waals surface area (Å²) in [5.74, 6) is 0.153. The smallest absolute Gasteiger partial charge is 0.245 e. The van der Waals surface area contributed by atoms with Crippen LogP contribution in [0.4, 0.5) is 5.69 Å². The maximum absolute atomic E-state index is 12.7. The zero-order valence-electron chi connectivity index (χ0n) is 15.5. The summed E-state index contributed by atoms with van der Waals surface area (Å²) >= 11 is 6.17. The van der Waals surface area contributed by atoms with Gasteiger partial charge in [0.05, 0.1) is 26.2 Å². The molecule has 0 saturated carbocycles. The van der Waals surface area contributed by atoms with Gasteiger partial charge in [-0.15, -0.1) is 0 Å². The van der Waals surface area contributed by atoms with Gasteiger partial charge in [-0.1, -0.05) is 48.0 Å². The van der Waals surface area contributed by atoms with E-state index in [1.54, 1.807) is 0 Å². The first-order chi connectivity index (χ1) is 12.5. The fraction of sp³-hybridized carbons (Fsp3) is 0.381. The van der Waals surface area contributed by atoms with Crippen molar-refractivity contribution in [3.63, 3.8) is 0 Å². The fourth-order valence-corrected chi connectivity index (χ4v) is 3.55. The molecule has 5 heteroatoms. The molecule has 4 nitrogen and oxygen atoms in total. The SMILES string of the molecule is Cc1ccc(N[C@@H](C)C(=O)N2CC[NH+](Cc3ccccc3)CC2)cc1Cl. The van der Waals surface area contributed by atoms with Crippen molar-refractivity contribution in [2.75, 3.05) is 31.5 Å². The number of benzene rings is 2. The van der Waals surface area contributed by atoms with Crippen LogP contribution in [-0.4, -0.2) is 43.0 Å². The van der Waals surface area contributed by atoms with Crippen molar-refractivity contribution in [2.45, 2.75) is 26.4 Å². The van der Waals surface area contributed by atoms with Crippen molar-refractivity contribution in [1.82, 2.24) is 4.90 Å². The van der Waals surface area contributed by atoms with Crippen LogP contribution in [0.15, 0.2) is 48.5 Å². The average Bonchev–Trinajstić information content (AvgIpc) is 2.65. The molecular weight excluding hydrogens is 346 g/mol. The van der Waals surface area contributed by atoms with Crippen molar-refractivity contribution in [3.8, 4) is 0 Å². The van der Waals surface area contributed by atoms with E-state index in [2.05, 4.69) is 29.6 Å². The molecule has 2 N–H and O–H groups in total. The molecule has 0 radical (unpaired) electrons. The van der Waals surface area contributed by atoms with Crippen LogP contribution in [0.5, 0.6) is 0 Å². The number of rotatable bonds is 5. The Labute approximate surface area is 160 Å². The quantitative estimate of drug-likeness (QED) is 0.845. The number of carbonyl (C=O) groups is 1. The highest BCUT2D eigenvalue weighted by Gasteiger charge is 2.26. The molecular formula is C21H27ClN3O+. The Morgan fingerprint density at radius 2 is 1.88 bits per heavy atom. The van der Waals surface area contributed by atoms with E-state index < -0.39 is 0 Å². The third kappa shape index (κ3) is 4.77. The molecule has 138 valence electrons. The van der Waals surface area contributed by atoms with E-state index in [1.807, 2.05) is 43.0 Å². The second-order valence-electron chi connectivity index (χ2n) is 7.07. The summed E-state index contributed by atoms with van der Waals surface area (Å²) in [6.45, 7) is 8.51. The molecule has 3 rings (SSSR count). The number of piperazine rings is 1. The van der Waals surface area contributed by atoms with Crippen molar-refractivity contribution in [1.29, 1.82) is 0 Å². The van der Waals surface area contributed by atoms with Crippen molar-refractivity contribution in [3.05, 3.63) is 64.7 Å². The molecule has 0 aliphatic carbocycles. The molecule has 0 bridgehead atoms. The van der Waals surface area contributed by atoms with E-state index in [0.29, 0.717) is 5.02 Å². The molecule has 1 aliphatic heterocycles. The van der Waals surface area contributed by atoms with Crippen molar-refractivity contribution < 1.29 is 9.69 Å². The Hall–Kier alpha value is -2.04. The first kappa shape index (κ1) is 18.7. The highest BCUT2D eigenvalue weighted by Crippen LogP contribution is 2.20. The molecule has 0 aromatic heterocycles. The first-order valence-electron chi connectivity index (χ1n) is 9.22. The van der Waals surface area contributed by atoms with Gasteiger partial charge in [0.25, 0.3) is 0 Å². The zero-order valence-corrected chi connectivity index (χ0v) is 16.2. The van der Waals surface area contributed by atoms with Crippen LogP contribution >= 0.6 is 11.6 Å².